The van der Waals surface area contributed by atoms with Crippen LogP contribution in [0.3, 0.4) is 0 Å². The number of hydrogen-bond acceptors (Lipinski definition) is 1. The maximum atomic E-state index is 4.12. The molecular weight excluding hydrogens is 240 g/mol. The van der Waals surface area contributed by atoms with E-state index in [1.165, 1.54) is 42.2 Å². The predicted octanol–water partition coefficient (Wildman–Crippen LogP) is 3.20. The molecule has 0 saturated heterocycles. The van der Waals surface area contributed by atoms with Gasteiger partial charge in [-0.3, -0.25) is 5.10 Å². The smallest absolute Gasteiger partial charge is 0.0795 e. The molecule has 1 aliphatic carbocycles. The molecule has 0 fully saturated rings. The van der Waals surface area contributed by atoms with Crippen LogP contribution in [0.1, 0.15) is 24.0 Å². The summed E-state index contributed by atoms with van der Waals surface area (Å²) in [6, 6.07) is 2.25. The molecule has 1 aliphatic rings. The van der Waals surface area contributed by atoms with Crippen molar-refractivity contribution in [1.82, 2.24) is 10.2 Å². The Labute approximate surface area is 90.8 Å². The molecule has 1 aromatic heterocycles. The largest absolute Gasteiger partial charge is 0.277 e. The van der Waals surface area contributed by atoms with Crippen molar-refractivity contribution >= 4 is 26.8 Å². The van der Waals surface area contributed by atoms with Crippen molar-refractivity contribution in [2.24, 2.45) is 0 Å². The number of H-pyrrole nitrogens is 1. The van der Waals surface area contributed by atoms with Crippen molar-refractivity contribution < 1.29 is 0 Å². The first kappa shape index (κ1) is 8.48. The zero-order chi connectivity index (χ0) is 9.54. The molecule has 0 aliphatic heterocycles. The highest BCUT2D eigenvalue weighted by atomic mass is 79.9. The number of fused-ring (bicyclic) bond motifs is 3. The molecule has 0 radical (unpaired) electrons. The average molecular weight is 251 g/mol. The minimum absolute atomic E-state index is 1.14. The second-order valence-electron chi connectivity index (χ2n) is 3.86. The van der Waals surface area contributed by atoms with Crippen LogP contribution in [0.2, 0.25) is 0 Å². The minimum atomic E-state index is 1.14. The Hall–Kier alpha value is -0.830. The Kier molecular flexibility index (Phi) is 1.87. The number of hydrogen-bond donors (Lipinski definition) is 1. The van der Waals surface area contributed by atoms with E-state index in [9.17, 15) is 0 Å². The van der Waals surface area contributed by atoms with Crippen molar-refractivity contribution in [2.45, 2.75) is 25.7 Å². The maximum Gasteiger partial charge on any atom is 0.0795 e. The van der Waals surface area contributed by atoms with Crippen molar-refractivity contribution in [1.29, 1.82) is 0 Å². The molecule has 0 atom stereocenters. The van der Waals surface area contributed by atoms with Crippen molar-refractivity contribution in [3.05, 3.63) is 27.9 Å². The van der Waals surface area contributed by atoms with Gasteiger partial charge in [-0.1, -0.05) is 0 Å². The number of nitrogens with zero attached hydrogens (tertiary/aromatic N) is 1. The summed E-state index contributed by atoms with van der Waals surface area (Å²) in [6.07, 6.45) is 7.01. The fourth-order valence-corrected chi connectivity index (χ4v) is 2.90. The van der Waals surface area contributed by atoms with E-state index >= 15 is 0 Å². The van der Waals surface area contributed by atoms with Crippen molar-refractivity contribution in [3.63, 3.8) is 0 Å². The minimum Gasteiger partial charge on any atom is -0.277 e. The van der Waals surface area contributed by atoms with Gasteiger partial charge in [-0.2, -0.15) is 5.10 Å². The van der Waals surface area contributed by atoms with Gasteiger partial charge in [0.2, 0.25) is 0 Å². The summed E-state index contributed by atoms with van der Waals surface area (Å²) in [7, 11) is 0. The summed E-state index contributed by atoms with van der Waals surface area (Å²) < 4.78 is 1.14. The standard InChI is InChI=1S/C11H11BrN2/c12-10-5-7-3-1-2-4-8(7)9-6-13-14-11(9)10/h5-6H,1-4H2,(H,13,14). The lowest BCUT2D eigenvalue weighted by Gasteiger charge is -2.16. The molecular formula is C11H11BrN2. The van der Waals surface area contributed by atoms with E-state index in [-0.39, 0.29) is 0 Å². The molecule has 14 heavy (non-hydrogen) atoms. The van der Waals surface area contributed by atoms with E-state index in [4.69, 9.17) is 0 Å². The number of aromatic amines is 1. The molecule has 3 rings (SSSR count). The highest BCUT2D eigenvalue weighted by molar-refractivity contribution is 9.10. The van der Waals surface area contributed by atoms with Crippen LogP contribution < -0.4 is 0 Å². The summed E-state index contributed by atoms with van der Waals surface area (Å²) in [5.74, 6) is 0. The van der Waals surface area contributed by atoms with Gasteiger partial charge in [-0.15, -0.1) is 0 Å². The van der Waals surface area contributed by atoms with Crippen LogP contribution in [0.5, 0.6) is 0 Å². The van der Waals surface area contributed by atoms with Crippen LogP contribution in [0.15, 0.2) is 16.7 Å². The van der Waals surface area contributed by atoms with Gasteiger partial charge in [0.1, 0.15) is 0 Å². The molecule has 2 aromatic rings. The van der Waals surface area contributed by atoms with Crippen molar-refractivity contribution in [2.75, 3.05) is 0 Å². The Bertz CT molecular complexity index is 487. The van der Waals surface area contributed by atoms with Crippen LogP contribution in [-0.4, -0.2) is 10.2 Å². The topological polar surface area (TPSA) is 28.7 Å². The summed E-state index contributed by atoms with van der Waals surface area (Å²) in [4.78, 5) is 0. The Morgan fingerprint density at radius 2 is 2.14 bits per heavy atom. The summed E-state index contributed by atoms with van der Waals surface area (Å²) in [5, 5.41) is 8.46. The Morgan fingerprint density at radius 1 is 1.29 bits per heavy atom. The zero-order valence-corrected chi connectivity index (χ0v) is 9.39. The first-order chi connectivity index (χ1) is 6.86. The third kappa shape index (κ3) is 1.12. The molecule has 0 bridgehead atoms. The molecule has 1 heterocycles. The Morgan fingerprint density at radius 3 is 3.07 bits per heavy atom. The third-order valence-electron chi connectivity index (χ3n) is 3.01. The summed E-state index contributed by atoms with van der Waals surface area (Å²) >= 11 is 3.58. The maximum absolute atomic E-state index is 4.12. The Balaban J connectivity index is 2.38. The fraction of sp³-hybridized carbons (Fsp3) is 0.364. The van der Waals surface area contributed by atoms with E-state index in [2.05, 4.69) is 32.2 Å². The van der Waals surface area contributed by atoms with Gasteiger partial charge in [0, 0.05) is 9.86 Å². The second kappa shape index (κ2) is 3.09. The first-order valence-corrected chi connectivity index (χ1v) is 5.79. The van der Waals surface area contributed by atoms with E-state index < -0.39 is 0 Å². The molecule has 1 N–H and O–H groups in total. The lowest BCUT2D eigenvalue weighted by atomic mass is 9.90. The molecule has 1 aromatic carbocycles. The average Bonchev–Trinajstić information content (AvgIpc) is 2.67. The molecule has 3 heteroatoms. The molecule has 0 spiro atoms. The van der Waals surface area contributed by atoms with Crippen LogP contribution in [-0.2, 0) is 12.8 Å². The van der Waals surface area contributed by atoms with Gasteiger partial charge in [-0.25, -0.2) is 0 Å². The monoisotopic (exact) mass is 250 g/mol. The molecule has 2 nitrogen and oxygen atoms in total. The number of aryl methyl sites for hydroxylation is 2. The molecule has 72 valence electrons. The van der Waals surface area contributed by atoms with E-state index in [1.807, 2.05) is 6.20 Å². The van der Waals surface area contributed by atoms with Gasteiger partial charge in [0.25, 0.3) is 0 Å². The molecule has 0 amide bonds. The second-order valence-corrected chi connectivity index (χ2v) is 4.72. The summed E-state index contributed by atoms with van der Waals surface area (Å²) in [5.41, 5.74) is 4.14. The van der Waals surface area contributed by atoms with Crippen LogP contribution in [0.4, 0.5) is 0 Å². The van der Waals surface area contributed by atoms with E-state index in [1.54, 1.807) is 0 Å². The SMILES string of the molecule is Brc1cc2c(c3cn[nH]c13)CCCC2. The van der Waals surface area contributed by atoms with Gasteiger partial charge in [0.05, 0.1) is 11.7 Å². The fourth-order valence-electron chi connectivity index (χ4n) is 2.32. The normalized spacial score (nSPS) is 15.8. The third-order valence-corrected chi connectivity index (χ3v) is 3.64. The van der Waals surface area contributed by atoms with Gasteiger partial charge in [-0.05, 0) is 58.8 Å². The predicted molar refractivity (Wildman–Crippen MR) is 60.4 cm³/mol. The molecule has 0 saturated carbocycles. The lowest BCUT2D eigenvalue weighted by molar-refractivity contribution is 0.690. The van der Waals surface area contributed by atoms with Gasteiger partial charge >= 0.3 is 0 Å². The van der Waals surface area contributed by atoms with Crippen LogP contribution in [0, 0.1) is 0 Å². The number of nitrogens with one attached hydrogen (secondary N) is 1. The highest BCUT2D eigenvalue weighted by Gasteiger charge is 2.15. The molecule has 0 unspecified atom stereocenters. The lowest BCUT2D eigenvalue weighted by Crippen LogP contribution is -2.02. The highest BCUT2D eigenvalue weighted by Crippen LogP contribution is 2.32. The van der Waals surface area contributed by atoms with Gasteiger partial charge in [0.15, 0.2) is 0 Å². The van der Waals surface area contributed by atoms with Crippen LogP contribution in [0.25, 0.3) is 10.9 Å². The number of halogens is 1. The van der Waals surface area contributed by atoms with E-state index in [0.29, 0.717) is 0 Å². The van der Waals surface area contributed by atoms with Crippen molar-refractivity contribution in [3.8, 4) is 0 Å². The number of aromatic nitrogens is 2. The van der Waals surface area contributed by atoms with Gasteiger partial charge < -0.3 is 0 Å². The zero-order valence-electron chi connectivity index (χ0n) is 7.81. The quantitative estimate of drug-likeness (QED) is 0.765. The number of benzene rings is 1. The summed E-state index contributed by atoms with van der Waals surface area (Å²) in [6.45, 7) is 0. The van der Waals surface area contributed by atoms with Crippen LogP contribution >= 0.6 is 15.9 Å². The van der Waals surface area contributed by atoms with E-state index in [0.717, 1.165) is 9.99 Å². The number of rotatable bonds is 0. The first-order valence-electron chi connectivity index (χ1n) is 4.99.